The highest BCUT2D eigenvalue weighted by molar-refractivity contribution is 6.35. The Morgan fingerprint density at radius 1 is 1.17 bits per heavy atom. The first-order valence-corrected chi connectivity index (χ1v) is 8.35. The molecular formula is C18H26N2O3. The van der Waals surface area contributed by atoms with Crippen LogP contribution in [0.1, 0.15) is 48.9 Å². The molecule has 0 bridgehead atoms. The Balaban J connectivity index is 1.99. The van der Waals surface area contributed by atoms with Crippen LogP contribution in [0.25, 0.3) is 0 Å². The van der Waals surface area contributed by atoms with E-state index in [1.165, 1.54) is 24.0 Å². The highest BCUT2D eigenvalue weighted by Crippen LogP contribution is 2.25. The van der Waals surface area contributed by atoms with Gasteiger partial charge in [-0.3, -0.25) is 9.59 Å². The highest BCUT2D eigenvalue weighted by Gasteiger charge is 2.19. The SMILES string of the molecule is CCC(NC(=O)C(=O)NCCOC)c1ccc2c(c1)CCCC2. The molecule has 5 heteroatoms. The lowest BCUT2D eigenvalue weighted by Crippen LogP contribution is -2.42. The Morgan fingerprint density at radius 2 is 1.91 bits per heavy atom. The fraction of sp³-hybridized carbons (Fsp3) is 0.556. The molecule has 1 aliphatic rings. The van der Waals surface area contributed by atoms with Crippen molar-refractivity contribution in [2.45, 2.75) is 45.1 Å². The topological polar surface area (TPSA) is 67.4 Å². The maximum Gasteiger partial charge on any atom is 0.309 e. The average Bonchev–Trinajstić information content (AvgIpc) is 2.59. The van der Waals surface area contributed by atoms with Gasteiger partial charge < -0.3 is 15.4 Å². The predicted octanol–water partition coefficient (Wildman–Crippen LogP) is 1.90. The van der Waals surface area contributed by atoms with Crippen molar-refractivity contribution in [3.63, 3.8) is 0 Å². The molecule has 0 spiro atoms. The van der Waals surface area contributed by atoms with Crippen molar-refractivity contribution in [3.8, 4) is 0 Å². The van der Waals surface area contributed by atoms with Crippen molar-refractivity contribution in [2.24, 2.45) is 0 Å². The Hall–Kier alpha value is -1.88. The quantitative estimate of drug-likeness (QED) is 0.622. The van der Waals surface area contributed by atoms with E-state index >= 15 is 0 Å². The third kappa shape index (κ3) is 4.79. The standard InChI is InChI=1S/C18H26N2O3/c1-3-16(20-18(22)17(21)19-10-11-23-2)15-9-8-13-6-4-5-7-14(13)12-15/h8-9,12,16H,3-7,10-11H2,1-2H3,(H,19,21)(H,20,22). The summed E-state index contributed by atoms with van der Waals surface area (Å²) in [6.07, 6.45) is 5.46. The van der Waals surface area contributed by atoms with Crippen LogP contribution in [0.5, 0.6) is 0 Å². The second-order valence-corrected chi connectivity index (χ2v) is 5.92. The second kappa shape index (κ2) is 8.67. The average molecular weight is 318 g/mol. The number of ether oxygens (including phenoxy) is 1. The predicted molar refractivity (Wildman–Crippen MR) is 89.1 cm³/mol. The van der Waals surface area contributed by atoms with Gasteiger partial charge in [0.15, 0.2) is 0 Å². The summed E-state index contributed by atoms with van der Waals surface area (Å²) in [4.78, 5) is 23.8. The minimum absolute atomic E-state index is 0.136. The van der Waals surface area contributed by atoms with Crippen LogP contribution in [0.15, 0.2) is 18.2 Å². The summed E-state index contributed by atoms with van der Waals surface area (Å²) in [5.74, 6) is -1.20. The first-order valence-electron chi connectivity index (χ1n) is 8.35. The zero-order valence-electron chi connectivity index (χ0n) is 14.0. The third-order valence-corrected chi connectivity index (χ3v) is 4.29. The molecule has 0 heterocycles. The van der Waals surface area contributed by atoms with Gasteiger partial charge in [0.05, 0.1) is 12.6 Å². The molecule has 23 heavy (non-hydrogen) atoms. The number of fused-ring (bicyclic) bond motifs is 1. The van der Waals surface area contributed by atoms with E-state index in [-0.39, 0.29) is 6.04 Å². The lowest BCUT2D eigenvalue weighted by Gasteiger charge is -2.21. The Labute approximate surface area is 137 Å². The molecule has 0 saturated heterocycles. The van der Waals surface area contributed by atoms with E-state index in [1.54, 1.807) is 7.11 Å². The molecule has 2 rings (SSSR count). The van der Waals surface area contributed by atoms with Gasteiger partial charge in [0.25, 0.3) is 0 Å². The molecule has 1 aliphatic carbocycles. The maximum atomic E-state index is 12.0. The molecule has 2 amide bonds. The number of hydrogen-bond donors (Lipinski definition) is 2. The van der Waals surface area contributed by atoms with E-state index in [2.05, 4.69) is 28.8 Å². The van der Waals surface area contributed by atoms with Gasteiger partial charge in [0.2, 0.25) is 0 Å². The van der Waals surface area contributed by atoms with Gasteiger partial charge in [-0.1, -0.05) is 25.1 Å². The molecule has 0 saturated carbocycles. The molecule has 1 unspecified atom stereocenters. The van der Waals surface area contributed by atoms with Crippen molar-refractivity contribution in [2.75, 3.05) is 20.3 Å². The summed E-state index contributed by atoms with van der Waals surface area (Å²) in [5.41, 5.74) is 3.87. The summed E-state index contributed by atoms with van der Waals surface area (Å²) < 4.78 is 4.85. The molecule has 5 nitrogen and oxygen atoms in total. The third-order valence-electron chi connectivity index (χ3n) is 4.29. The highest BCUT2D eigenvalue weighted by atomic mass is 16.5. The molecule has 1 aromatic carbocycles. The molecule has 0 radical (unpaired) electrons. The molecule has 2 N–H and O–H groups in total. The van der Waals surface area contributed by atoms with Crippen molar-refractivity contribution in [3.05, 3.63) is 34.9 Å². The van der Waals surface area contributed by atoms with Gasteiger partial charge in [0, 0.05) is 13.7 Å². The number of carbonyl (C=O) groups is 2. The van der Waals surface area contributed by atoms with Crippen molar-refractivity contribution in [1.82, 2.24) is 10.6 Å². The summed E-state index contributed by atoms with van der Waals surface area (Å²) in [5, 5.41) is 5.36. The van der Waals surface area contributed by atoms with E-state index in [0.717, 1.165) is 24.8 Å². The van der Waals surface area contributed by atoms with E-state index in [1.807, 2.05) is 6.92 Å². The van der Waals surface area contributed by atoms with Crippen molar-refractivity contribution < 1.29 is 14.3 Å². The molecule has 126 valence electrons. The molecular weight excluding hydrogens is 292 g/mol. The van der Waals surface area contributed by atoms with Crippen LogP contribution in [0.3, 0.4) is 0 Å². The smallest absolute Gasteiger partial charge is 0.309 e. The number of nitrogens with one attached hydrogen (secondary N) is 2. The largest absolute Gasteiger partial charge is 0.383 e. The minimum atomic E-state index is -0.613. The van der Waals surface area contributed by atoms with Crippen LogP contribution in [-0.4, -0.2) is 32.1 Å². The number of carbonyl (C=O) groups excluding carboxylic acids is 2. The van der Waals surface area contributed by atoms with Gasteiger partial charge in [0.1, 0.15) is 0 Å². The Kier molecular flexibility index (Phi) is 6.59. The van der Waals surface area contributed by atoms with E-state index < -0.39 is 11.8 Å². The Bertz CT molecular complexity index is 557. The number of hydrogen-bond acceptors (Lipinski definition) is 3. The zero-order chi connectivity index (χ0) is 16.7. The Morgan fingerprint density at radius 3 is 2.61 bits per heavy atom. The van der Waals surface area contributed by atoms with Gasteiger partial charge in [-0.15, -0.1) is 0 Å². The van der Waals surface area contributed by atoms with Crippen molar-refractivity contribution >= 4 is 11.8 Å². The van der Waals surface area contributed by atoms with Gasteiger partial charge in [-0.25, -0.2) is 0 Å². The molecule has 1 atom stereocenters. The maximum absolute atomic E-state index is 12.0. The molecule has 0 aliphatic heterocycles. The number of methoxy groups -OCH3 is 1. The van der Waals surface area contributed by atoms with Crippen LogP contribution >= 0.6 is 0 Å². The summed E-state index contributed by atoms with van der Waals surface area (Å²) in [6.45, 7) is 2.73. The normalized spacial score (nSPS) is 14.7. The molecule has 0 fully saturated rings. The summed E-state index contributed by atoms with van der Waals surface area (Å²) in [6, 6.07) is 6.28. The van der Waals surface area contributed by atoms with Crippen LogP contribution in [0.4, 0.5) is 0 Å². The first-order chi connectivity index (χ1) is 11.2. The second-order valence-electron chi connectivity index (χ2n) is 5.92. The lowest BCUT2D eigenvalue weighted by atomic mass is 9.89. The van der Waals surface area contributed by atoms with Gasteiger partial charge in [-0.05, 0) is 48.8 Å². The van der Waals surface area contributed by atoms with Gasteiger partial charge in [-0.2, -0.15) is 0 Å². The first kappa shape index (κ1) is 17.5. The van der Waals surface area contributed by atoms with Crippen LogP contribution in [0.2, 0.25) is 0 Å². The number of amides is 2. The van der Waals surface area contributed by atoms with Crippen LogP contribution in [0, 0.1) is 0 Å². The van der Waals surface area contributed by atoms with E-state index in [9.17, 15) is 9.59 Å². The van der Waals surface area contributed by atoms with Crippen molar-refractivity contribution in [1.29, 1.82) is 0 Å². The van der Waals surface area contributed by atoms with E-state index in [0.29, 0.717) is 13.2 Å². The summed E-state index contributed by atoms with van der Waals surface area (Å²) >= 11 is 0. The molecule has 0 aromatic heterocycles. The monoisotopic (exact) mass is 318 g/mol. The number of aryl methyl sites for hydroxylation is 2. The number of benzene rings is 1. The van der Waals surface area contributed by atoms with Crippen LogP contribution in [-0.2, 0) is 27.2 Å². The zero-order valence-corrected chi connectivity index (χ0v) is 14.0. The fourth-order valence-electron chi connectivity index (χ4n) is 2.96. The molecule has 1 aromatic rings. The summed E-state index contributed by atoms with van der Waals surface area (Å²) in [7, 11) is 1.55. The lowest BCUT2D eigenvalue weighted by molar-refractivity contribution is -0.139. The minimum Gasteiger partial charge on any atom is -0.383 e. The number of rotatable bonds is 6. The van der Waals surface area contributed by atoms with Crippen LogP contribution < -0.4 is 10.6 Å². The fourth-order valence-corrected chi connectivity index (χ4v) is 2.96. The van der Waals surface area contributed by atoms with E-state index in [4.69, 9.17) is 4.74 Å². The van der Waals surface area contributed by atoms with Gasteiger partial charge >= 0.3 is 11.8 Å².